The summed E-state index contributed by atoms with van der Waals surface area (Å²) >= 11 is 0. The minimum atomic E-state index is -4.51. The molecule has 3 aromatic rings. The van der Waals surface area contributed by atoms with Crippen LogP contribution in [-0.2, 0) is 11.0 Å². The highest BCUT2D eigenvalue weighted by Gasteiger charge is 2.32. The first-order valence-corrected chi connectivity index (χ1v) is 10.5. The van der Waals surface area contributed by atoms with Gasteiger partial charge in [0.05, 0.1) is 16.6 Å². The van der Waals surface area contributed by atoms with Gasteiger partial charge in [-0.3, -0.25) is 9.36 Å². The van der Waals surface area contributed by atoms with Gasteiger partial charge in [-0.25, -0.2) is 4.98 Å². The average Bonchev–Trinajstić information content (AvgIpc) is 3.21. The number of likely N-dealkylation sites (tertiary alicyclic amines) is 1. The maximum Gasteiger partial charge on any atom is 0.416 e. The first-order chi connectivity index (χ1) is 15.2. The molecule has 2 heterocycles. The highest BCUT2D eigenvalue weighted by Crippen LogP contribution is 2.34. The number of fused-ring (bicyclic) bond motifs is 1. The van der Waals surface area contributed by atoms with Crippen LogP contribution in [0.25, 0.3) is 22.8 Å². The molecular weight excluding hydrogens is 417 g/mol. The molecule has 0 spiro atoms. The van der Waals surface area contributed by atoms with Crippen molar-refractivity contribution in [1.82, 2.24) is 19.4 Å². The van der Waals surface area contributed by atoms with E-state index in [1.165, 1.54) is 18.5 Å². The molecule has 1 aliphatic rings. The van der Waals surface area contributed by atoms with Crippen molar-refractivity contribution < 1.29 is 18.0 Å². The molecule has 1 aliphatic heterocycles. The van der Waals surface area contributed by atoms with Gasteiger partial charge < -0.3 is 9.80 Å². The Bertz CT molecular complexity index is 1130. The molecule has 1 saturated heterocycles. The number of benzene rings is 2. The van der Waals surface area contributed by atoms with Crippen LogP contribution in [0.4, 0.5) is 13.2 Å². The normalized spacial score (nSPS) is 16.2. The van der Waals surface area contributed by atoms with E-state index < -0.39 is 11.7 Å². The molecule has 5 nitrogen and oxygen atoms in total. The van der Waals surface area contributed by atoms with E-state index in [0.717, 1.165) is 43.8 Å². The number of amides is 1. The van der Waals surface area contributed by atoms with Crippen LogP contribution in [0, 0.1) is 0 Å². The average molecular weight is 442 g/mol. The first-order valence-electron chi connectivity index (χ1n) is 10.5. The largest absolute Gasteiger partial charge is 0.416 e. The highest BCUT2D eigenvalue weighted by molar-refractivity contribution is 5.95. The number of hydrogen-bond acceptors (Lipinski definition) is 3. The molecule has 1 fully saturated rings. The fourth-order valence-electron chi connectivity index (χ4n) is 4.10. The number of alkyl halides is 3. The summed E-state index contributed by atoms with van der Waals surface area (Å²) < 4.78 is 42.2. The summed E-state index contributed by atoms with van der Waals surface area (Å²) in [6, 6.07) is 11.5. The number of hydrogen-bond donors (Lipinski definition) is 0. The SMILES string of the molecule is CN1CCC(N(C)C(=O)C=Cc2cc(C(F)(F)F)cc3ncn(-c4ccccc4)c23)CC1. The van der Waals surface area contributed by atoms with E-state index >= 15 is 0 Å². The molecule has 168 valence electrons. The monoisotopic (exact) mass is 442 g/mol. The molecule has 0 aliphatic carbocycles. The van der Waals surface area contributed by atoms with Gasteiger partial charge in [-0.1, -0.05) is 18.2 Å². The number of imidazole rings is 1. The summed E-state index contributed by atoms with van der Waals surface area (Å²) in [7, 11) is 3.80. The standard InChI is InChI=1S/C24H25F3N4O/c1-29-12-10-19(11-13-29)30(2)22(32)9-8-17-14-18(24(25,26)27)15-21-23(17)31(16-28-21)20-6-4-3-5-7-20/h3-9,14-16,19H,10-13H2,1-2H3. The van der Waals surface area contributed by atoms with Crippen molar-refractivity contribution >= 4 is 23.0 Å². The highest BCUT2D eigenvalue weighted by atomic mass is 19.4. The maximum absolute atomic E-state index is 13.5. The smallest absolute Gasteiger partial charge is 0.339 e. The number of halogens is 3. The third-order valence-electron chi connectivity index (χ3n) is 6.02. The van der Waals surface area contributed by atoms with Gasteiger partial charge in [-0.05, 0) is 63.3 Å². The minimum absolute atomic E-state index is 0.125. The third-order valence-corrected chi connectivity index (χ3v) is 6.02. The number of carbonyl (C=O) groups excluding carboxylic acids is 1. The topological polar surface area (TPSA) is 41.4 Å². The Kier molecular flexibility index (Phi) is 6.06. The van der Waals surface area contributed by atoms with Crippen molar-refractivity contribution in [2.45, 2.75) is 25.1 Å². The molecule has 4 rings (SSSR count). The van der Waals surface area contributed by atoms with Gasteiger partial charge in [0.2, 0.25) is 5.91 Å². The van der Waals surface area contributed by atoms with Crippen molar-refractivity contribution in [3.8, 4) is 5.69 Å². The molecule has 8 heteroatoms. The fraction of sp³-hybridized carbons (Fsp3) is 0.333. The van der Waals surface area contributed by atoms with Crippen molar-refractivity contribution in [3.63, 3.8) is 0 Å². The van der Waals surface area contributed by atoms with Crippen LogP contribution in [-0.4, -0.2) is 58.5 Å². The van der Waals surface area contributed by atoms with Crippen LogP contribution in [0.2, 0.25) is 0 Å². The number of likely N-dealkylation sites (N-methyl/N-ethyl adjacent to an activating group) is 1. The first kappa shape index (κ1) is 22.1. The Morgan fingerprint density at radius 2 is 1.84 bits per heavy atom. The Morgan fingerprint density at radius 3 is 2.50 bits per heavy atom. The fourth-order valence-corrected chi connectivity index (χ4v) is 4.10. The zero-order valence-corrected chi connectivity index (χ0v) is 18.0. The van der Waals surface area contributed by atoms with Crippen molar-refractivity contribution in [1.29, 1.82) is 0 Å². The van der Waals surface area contributed by atoms with Crippen LogP contribution >= 0.6 is 0 Å². The number of aromatic nitrogens is 2. The molecule has 0 N–H and O–H groups in total. The van der Waals surface area contributed by atoms with E-state index in [4.69, 9.17) is 0 Å². The molecule has 1 aromatic heterocycles. The summed E-state index contributed by atoms with van der Waals surface area (Å²) in [4.78, 5) is 20.9. The van der Waals surface area contributed by atoms with Gasteiger partial charge in [-0.15, -0.1) is 0 Å². The van der Waals surface area contributed by atoms with Crippen LogP contribution in [0.5, 0.6) is 0 Å². The lowest BCUT2D eigenvalue weighted by Gasteiger charge is -2.34. The minimum Gasteiger partial charge on any atom is -0.339 e. The van der Waals surface area contributed by atoms with Crippen molar-refractivity contribution in [2.24, 2.45) is 0 Å². The second-order valence-corrected chi connectivity index (χ2v) is 8.20. The second kappa shape index (κ2) is 8.78. The van der Waals surface area contributed by atoms with Crippen LogP contribution in [0.3, 0.4) is 0 Å². The molecule has 0 radical (unpaired) electrons. The predicted molar refractivity (Wildman–Crippen MR) is 118 cm³/mol. The number of para-hydroxylation sites is 1. The molecule has 0 bridgehead atoms. The number of carbonyl (C=O) groups is 1. The Labute approximate surface area is 184 Å². The van der Waals surface area contributed by atoms with Gasteiger partial charge >= 0.3 is 6.18 Å². The molecule has 0 unspecified atom stereocenters. The van der Waals surface area contributed by atoms with Gasteiger partial charge in [0, 0.05) is 30.4 Å². The van der Waals surface area contributed by atoms with Crippen LogP contribution < -0.4 is 0 Å². The molecule has 32 heavy (non-hydrogen) atoms. The lowest BCUT2D eigenvalue weighted by molar-refractivity contribution is -0.137. The van der Waals surface area contributed by atoms with E-state index in [9.17, 15) is 18.0 Å². The van der Waals surface area contributed by atoms with Gasteiger partial charge in [0.1, 0.15) is 6.33 Å². The van der Waals surface area contributed by atoms with Gasteiger partial charge in [0.15, 0.2) is 0 Å². The Hall–Kier alpha value is -3.13. The van der Waals surface area contributed by atoms with E-state index in [0.29, 0.717) is 11.1 Å². The lowest BCUT2D eigenvalue weighted by atomic mass is 10.0. The van der Waals surface area contributed by atoms with Crippen LogP contribution in [0.1, 0.15) is 24.0 Å². The van der Waals surface area contributed by atoms with E-state index in [2.05, 4.69) is 9.88 Å². The number of rotatable bonds is 4. The van der Waals surface area contributed by atoms with E-state index in [-0.39, 0.29) is 17.5 Å². The summed E-state index contributed by atoms with van der Waals surface area (Å²) in [6.07, 6.45) is 1.57. The summed E-state index contributed by atoms with van der Waals surface area (Å²) in [5.41, 5.74) is 1.02. The maximum atomic E-state index is 13.5. The molecule has 0 atom stereocenters. The zero-order valence-electron chi connectivity index (χ0n) is 18.0. The third kappa shape index (κ3) is 4.55. The van der Waals surface area contributed by atoms with E-state index in [1.807, 2.05) is 37.4 Å². The summed E-state index contributed by atoms with van der Waals surface area (Å²) in [5.74, 6) is -0.226. The Morgan fingerprint density at radius 1 is 1.16 bits per heavy atom. The van der Waals surface area contributed by atoms with Crippen LogP contribution in [0.15, 0.2) is 54.9 Å². The van der Waals surface area contributed by atoms with Gasteiger partial charge in [-0.2, -0.15) is 13.2 Å². The molecule has 2 aromatic carbocycles. The quantitative estimate of drug-likeness (QED) is 0.554. The van der Waals surface area contributed by atoms with Gasteiger partial charge in [0.25, 0.3) is 0 Å². The summed E-state index contributed by atoms with van der Waals surface area (Å²) in [6.45, 7) is 1.83. The summed E-state index contributed by atoms with van der Waals surface area (Å²) in [5, 5.41) is 0. The van der Waals surface area contributed by atoms with Crippen molar-refractivity contribution in [3.05, 3.63) is 66.0 Å². The molecule has 0 saturated carbocycles. The zero-order chi connectivity index (χ0) is 22.9. The second-order valence-electron chi connectivity index (χ2n) is 8.20. The Balaban J connectivity index is 1.71. The van der Waals surface area contributed by atoms with E-state index in [1.54, 1.807) is 16.5 Å². The predicted octanol–water partition coefficient (Wildman–Crippen LogP) is 4.61. The molecular formula is C24H25F3N4O. The molecule has 1 amide bonds. The number of piperidine rings is 1. The van der Waals surface area contributed by atoms with Crippen molar-refractivity contribution in [2.75, 3.05) is 27.2 Å². The number of nitrogens with zero attached hydrogens (tertiary/aromatic N) is 4. The lowest BCUT2D eigenvalue weighted by Crippen LogP contribution is -2.43.